The van der Waals surface area contributed by atoms with Crippen molar-refractivity contribution in [1.29, 1.82) is 0 Å². The fourth-order valence-corrected chi connectivity index (χ4v) is 2.75. The summed E-state index contributed by atoms with van der Waals surface area (Å²) in [5.41, 5.74) is 8.44. The van der Waals surface area contributed by atoms with Gasteiger partial charge in [0.25, 0.3) is 0 Å². The highest BCUT2D eigenvalue weighted by Gasteiger charge is 2.21. The Hall–Kier alpha value is -1.03. The molecule has 4 nitrogen and oxygen atoms in total. The lowest BCUT2D eigenvalue weighted by Gasteiger charge is -2.30. The van der Waals surface area contributed by atoms with Crippen molar-refractivity contribution in [1.82, 2.24) is 9.78 Å². The molecule has 0 fully saturated rings. The normalized spacial score (nSPS) is 13.0. The highest BCUT2D eigenvalue weighted by Crippen LogP contribution is 2.26. The lowest BCUT2D eigenvalue weighted by atomic mass is 10.1. The van der Waals surface area contributed by atoms with Crippen LogP contribution in [0.15, 0.2) is 0 Å². The summed E-state index contributed by atoms with van der Waals surface area (Å²) in [6, 6.07) is 0.648. The zero-order valence-corrected chi connectivity index (χ0v) is 14.1. The first-order valence-corrected chi connectivity index (χ1v) is 7.93. The lowest BCUT2D eigenvalue weighted by Crippen LogP contribution is -2.34. The minimum absolute atomic E-state index is 0.168. The van der Waals surface area contributed by atoms with Crippen LogP contribution in [0, 0.1) is 6.92 Å². The maximum absolute atomic E-state index is 6.01. The molecule has 0 amide bonds. The van der Waals surface area contributed by atoms with Gasteiger partial charge in [-0.1, -0.05) is 19.8 Å². The second kappa shape index (κ2) is 7.67. The molecule has 0 aliphatic carbocycles. The summed E-state index contributed by atoms with van der Waals surface area (Å²) in [5, 5.41) is 4.62. The number of hydrogen-bond donors (Lipinski definition) is 1. The SMILES string of the molecule is CCCCCN(c1c(CC(C)N)c(C)nn1C)C(C)C. The maximum atomic E-state index is 6.01. The lowest BCUT2D eigenvalue weighted by molar-refractivity contribution is 0.595. The van der Waals surface area contributed by atoms with Crippen molar-refractivity contribution in [2.45, 2.75) is 72.4 Å². The van der Waals surface area contributed by atoms with Crippen LogP contribution in [0.3, 0.4) is 0 Å². The van der Waals surface area contributed by atoms with Crippen LogP contribution < -0.4 is 10.6 Å². The van der Waals surface area contributed by atoms with Gasteiger partial charge in [0.2, 0.25) is 0 Å². The standard InChI is InChI=1S/C16H32N4/c1-7-8-9-10-20(12(2)3)16-15(11-13(4)17)14(5)18-19(16)6/h12-13H,7-11,17H2,1-6H3. The van der Waals surface area contributed by atoms with Gasteiger partial charge in [0.05, 0.1) is 5.69 Å². The molecule has 1 heterocycles. The topological polar surface area (TPSA) is 47.1 Å². The van der Waals surface area contributed by atoms with E-state index in [2.05, 4.69) is 44.6 Å². The molecule has 0 radical (unpaired) electrons. The smallest absolute Gasteiger partial charge is 0.130 e. The summed E-state index contributed by atoms with van der Waals surface area (Å²) in [6.07, 6.45) is 4.66. The Morgan fingerprint density at radius 1 is 1.25 bits per heavy atom. The summed E-state index contributed by atoms with van der Waals surface area (Å²) < 4.78 is 2.03. The fraction of sp³-hybridized carbons (Fsp3) is 0.812. The predicted octanol–water partition coefficient (Wildman–Crippen LogP) is 3.02. The molecule has 4 heteroatoms. The zero-order chi connectivity index (χ0) is 15.3. The highest BCUT2D eigenvalue weighted by molar-refractivity contribution is 5.51. The van der Waals surface area contributed by atoms with E-state index in [-0.39, 0.29) is 6.04 Å². The minimum atomic E-state index is 0.168. The molecule has 1 unspecified atom stereocenters. The number of rotatable bonds is 8. The summed E-state index contributed by atoms with van der Waals surface area (Å²) in [6.45, 7) is 12.0. The number of anilines is 1. The van der Waals surface area contributed by atoms with Crippen LogP contribution in [0.25, 0.3) is 0 Å². The van der Waals surface area contributed by atoms with Gasteiger partial charge in [0.15, 0.2) is 0 Å². The first-order chi connectivity index (χ1) is 9.38. The van der Waals surface area contributed by atoms with Gasteiger partial charge in [0, 0.05) is 31.2 Å². The van der Waals surface area contributed by atoms with Crippen LogP contribution in [0.5, 0.6) is 0 Å². The fourth-order valence-electron chi connectivity index (χ4n) is 2.75. The van der Waals surface area contributed by atoms with Crippen molar-refractivity contribution in [3.63, 3.8) is 0 Å². The molecule has 0 saturated carbocycles. The van der Waals surface area contributed by atoms with E-state index >= 15 is 0 Å². The third kappa shape index (κ3) is 4.23. The quantitative estimate of drug-likeness (QED) is 0.745. The molecule has 0 aromatic carbocycles. The first kappa shape index (κ1) is 17.0. The van der Waals surface area contributed by atoms with Crippen molar-refractivity contribution in [3.8, 4) is 0 Å². The first-order valence-electron chi connectivity index (χ1n) is 7.93. The summed E-state index contributed by atoms with van der Waals surface area (Å²) in [4.78, 5) is 2.48. The molecule has 1 rings (SSSR count). The van der Waals surface area contributed by atoms with Gasteiger partial charge < -0.3 is 10.6 Å². The van der Waals surface area contributed by atoms with Crippen LogP contribution in [0.1, 0.15) is 58.2 Å². The average molecular weight is 280 g/mol. The Balaban J connectivity index is 3.05. The second-order valence-electron chi connectivity index (χ2n) is 6.19. The number of nitrogens with two attached hydrogens (primary N) is 1. The van der Waals surface area contributed by atoms with Gasteiger partial charge in [-0.2, -0.15) is 5.10 Å². The van der Waals surface area contributed by atoms with Crippen LogP contribution in [0.4, 0.5) is 5.82 Å². The van der Waals surface area contributed by atoms with E-state index in [4.69, 9.17) is 5.73 Å². The van der Waals surface area contributed by atoms with Gasteiger partial charge in [-0.25, -0.2) is 0 Å². The minimum Gasteiger partial charge on any atom is -0.354 e. The van der Waals surface area contributed by atoms with E-state index in [9.17, 15) is 0 Å². The van der Waals surface area contributed by atoms with E-state index in [1.54, 1.807) is 0 Å². The van der Waals surface area contributed by atoms with Crippen LogP contribution in [-0.4, -0.2) is 28.4 Å². The van der Waals surface area contributed by atoms with Crippen LogP contribution >= 0.6 is 0 Å². The van der Waals surface area contributed by atoms with E-state index in [0.717, 1.165) is 18.7 Å². The molecular weight excluding hydrogens is 248 g/mol. The van der Waals surface area contributed by atoms with Gasteiger partial charge in [-0.05, 0) is 40.5 Å². The Morgan fingerprint density at radius 3 is 2.40 bits per heavy atom. The van der Waals surface area contributed by atoms with E-state index in [1.807, 2.05) is 11.7 Å². The molecule has 2 N–H and O–H groups in total. The van der Waals surface area contributed by atoms with E-state index < -0.39 is 0 Å². The zero-order valence-electron chi connectivity index (χ0n) is 14.1. The largest absolute Gasteiger partial charge is 0.354 e. The van der Waals surface area contributed by atoms with E-state index in [0.29, 0.717) is 6.04 Å². The molecule has 116 valence electrons. The van der Waals surface area contributed by atoms with Gasteiger partial charge in [0.1, 0.15) is 5.82 Å². The number of unbranched alkanes of at least 4 members (excludes halogenated alkanes) is 2. The predicted molar refractivity (Wildman–Crippen MR) is 87.3 cm³/mol. The van der Waals surface area contributed by atoms with Crippen molar-refractivity contribution in [2.24, 2.45) is 12.8 Å². The third-order valence-electron chi connectivity index (χ3n) is 3.74. The van der Waals surface area contributed by atoms with Gasteiger partial charge >= 0.3 is 0 Å². The molecule has 0 saturated heterocycles. The Kier molecular flexibility index (Phi) is 6.53. The molecule has 1 aromatic rings. The van der Waals surface area contributed by atoms with Crippen molar-refractivity contribution >= 4 is 5.82 Å². The van der Waals surface area contributed by atoms with Crippen molar-refractivity contribution in [2.75, 3.05) is 11.4 Å². The Labute approximate surface area is 124 Å². The number of hydrogen-bond acceptors (Lipinski definition) is 3. The van der Waals surface area contributed by atoms with Crippen molar-refractivity contribution in [3.05, 3.63) is 11.3 Å². The summed E-state index contributed by atoms with van der Waals surface area (Å²) in [7, 11) is 2.04. The Morgan fingerprint density at radius 2 is 1.90 bits per heavy atom. The van der Waals surface area contributed by atoms with E-state index in [1.165, 1.54) is 30.6 Å². The number of aromatic nitrogens is 2. The highest BCUT2D eigenvalue weighted by atomic mass is 15.4. The van der Waals surface area contributed by atoms with Gasteiger partial charge in [-0.3, -0.25) is 4.68 Å². The van der Waals surface area contributed by atoms with Crippen molar-refractivity contribution < 1.29 is 0 Å². The third-order valence-corrected chi connectivity index (χ3v) is 3.74. The average Bonchev–Trinajstić information content (AvgIpc) is 2.60. The van der Waals surface area contributed by atoms with Crippen LogP contribution in [0.2, 0.25) is 0 Å². The Bertz CT molecular complexity index is 407. The molecule has 20 heavy (non-hydrogen) atoms. The number of nitrogens with zero attached hydrogens (tertiary/aromatic N) is 3. The molecule has 0 spiro atoms. The second-order valence-corrected chi connectivity index (χ2v) is 6.19. The summed E-state index contributed by atoms with van der Waals surface area (Å²) >= 11 is 0. The molecule has 1 aromatic heterocycles. The maximum Gasteiger partial charge on any atom is 0.130 e. The molecule has 0 aliphatic rings. The van der Waals surface area contributed by atoms with Gasteiger partial charge in [-0.15, -0.1) is 0 Å². The monoisotopic (exact) mass is 280 g/mol. The molecule has 1 atom stereocenters. The number of aryl methyl sites for hydroxylation is 2. The summed E-state index contributed by atoms with van der Waals surface area (Å²) in [5.74, 6) is 1.26. The molecular formula is C16H32N4. The van der Waals surface area contributed by atoms with Crippen LogP contribution in [-0.2, 0) is 13.5 Å². The molecule has 0 aliphatic heterocycles. The molecule has 0 bridgehead atoms.